The Morgan fingerprint density at radius 3 is 1.17 bits per heavy atom. The largest absolute Gasteiger partial charge is 0.254 e. The molecule has 0 N–H and O–H groups in total. The molecule has 0 aliphatic rings. The molecule has 6 nitrogen and oxygen atoms in total. The molecule has 0 saturated heterocycles. The number of benzene rings is 5. The summed E-state index contributed by atoms with van der Waals surface area (Å²) in [6, 6.07) is 54.5. The Balaban J connectivity index is 0.863. The van der Waals surface area contributed by atoms with Gasteiger partial charge in [0, 0.05) is 55.8 Å². The van der Waals surface area contributed by atoms with E-state index in [2.05, 4.69) is 149 Å². The minimum atomic E-state index is 0.831. The number of fused-ring (bicyclic) bond motifs is 8. The maximum Gasteiger partial charge on any atom is 0.0972 e. The third kappa shape index (κ3) is 5.12. The number of rotatable bonds is 4. The molecule has 5 aromatic carbocycles. The van der Waals surface area contributed by atoms with Gasteiger partial charge in [0.2, 0.25) is 0 Å². The third-order valence-electron chi connectivity index (χ3n) is 10.3. The van der Waals surface area contributed by atoms with Crippen molar-refractivity contribution in [3.05, 3.63) is 170 Å². The number of aromatic nitrogens is 6. The van der Waals surface area contributed by atoms with Crippen LogP contribution >= 0.6 is 0 Å². The van der Waals surface area contributed by atoms with Gasteiger partial charge in [-0.05, 0) is 71.8 Å². The Morgan fingerprint density at radius 1 is 0.259 bits per heavy atom. The van der Waals surface area contributed by atoms with Crippen LogP contribution in [0, 0.1) is 0 Å². The first-order valence-electron chi connectivity index (χ1n) is 17.9. The first kappa shape index (κ1) is 30.2. The standard InChI is InChI=1S/C48H28N6/c1-3-31-9-11-33-13-19-40(53-47(33)45(31)49-25-1)30-7-5-29(6-8-30)39-22-17-37-27-35(15-20-41(37)51-39)36-16-21-42-38(28-36)18-24-43(52-42)44-23-14-34-12-10-32-4-2-26-50-46(32)48(34)54-44/h1-28H. The zero-order valence-corrected chi connectivity index (χ0v) is 28.8. The number of hydrogen-bond acceptors (Lipinski definition) is 6. The van der Waals surface area contributed by atoms with Gasteiger partial charge in [0.1, 0.15) is 0 Å². The molecule has 11 rings (SSSR count). The van der Waals surface area contributed by atoms with Crippen LogP contribution in [-0.4, -0.2) is 29.9 Å². The van der Waals surface area contributed by atoms with Gasteiger partial charge in [-0.1, -0.05) is 97.1 Å². The van der Waals surface area contributed by atoms with Crippen LogP contribution in [0.15, 0.2) is 170 Å². The second-order valence-corrected chi connectivity index (χ2v) is 13.6. The maximum absolute atomic E-state index is 5.04. The molecule has 0 bridgehead atoms. The summed E-state index contributed by atoms with van der Waals surface area (Å²) < 4.78 is 0. The van der Waals surface area contributed by atoms with E-state index >= 15 is 0 Å². The molecule has 54 heavy (non-hydrogen) atoms. The predicted octanol–water partition coefficient (Wildman–Crippen LogP) is 11.6. The van der Waals surface area contributed by atoms with E-state index in [4.69, 9.17) is 19.9 Å². The van der Waals surface area contributed by atoms with E-state index in [1.807, 2.05) is 30.6 Å². The molecule has 11 aromatic rings. The molecular formula is C48H28N6. The van der Waals surface area contributed by atoms with E-state index in [1.54, 1.807) is 0 Å². The highest BCUT2D eigenvalue weighted by molar-refractivity contribution is 6.04. The fraction of sp³-hybridized carbons (Fsp3) is 0. The minimum absolute atomic E-state index is 0.831. The predicted molar refractivity (Wildman–Crippen MR) is 220 cm³/mol. The fourth-order valence-corrected chi connectivity index (χ4v) is 7.48. The Hall–Kier alpha value is -7.44. The third-order valence-corrected chi connectivity index (χ3v) is 10.3. The van der Waals surface area contributed by atoms with E-state index in [0.29, 0.717) is 0 Å². The molecule has 6 heteroatoms. The van der Waals surface area contributed by atoms with Crippen molar-refractivity contribution in [2.24, 2.45) is 0 Å². The Kier molecular flexibility index (Phi) is 6.75. The van der Waals surface area contributed by atoms with Crippen LogP contribution in [-0.2, 0) is 0 Å². The van der Waals surface area contributed by atoms with Crippen LogP contribution in [0.2, 0.25) is 0 Å². The molecule has 0 aliphatic heterocycles. The van der Waals surface area contributed by atoms with Crippen molar-refractivity contribution in [2.45, 2.75) is 0 Å². The summed E-state index contributed by atoms with van der Waals surface area (Å²) >= 11 is 0. The maximum atomic E-state index is 5.04. The Labute approximate surface area is 309 Å². The zero-order chi connectivity index (χ0) is 35.6. The van der Waals surface area contributed by atoms with Gasteiger partial charge >= 0.3 is 0 Å². The molecule has 0 amide bonds. The average molecular weight is 689 g/mol. The summed E-state index contributed by atoms with van der Waals surface area (Å²) in [5, 5.41) is 6.48. The topological polar surface area (TPSA) is 77.3 Å². The zero-order valence-electron chi connectivity index (χ0n) is 28.8. The number of nitrogens with zero attached hydrogens (tertiary/aromatic N) is 6. The summed E-state index contributed by atoms with van der Waals surface area (Å²) in [6.45, 7) is 0. The molecule has 0 unspecified atom stereocenters. The van der Waals surface area contributed by atoms with Gasteiger partial charge < -0.3 is 0 Å². The minimum Gasteiger partial charge on any atom is -0.254 e. The second-order valence-electron chi connectivity index (χ2n) is 13.6. The van der Waals surface area contributed by atoms with Gasteiger partial charge in [0.15, 0.2) is 0 Å². The van der Waals surface area contributed by atoms with Crippen LogP contribution in [0.5, 0.6) is 0 Å². The Bertz CT molecular complexity index is 3280. The van der Waals surface area contributed by atoms with Crippen LogP contribution < -0.4 is 0 Å². The highest BCUT2D eigenvalue weighted by atomic mass is 14.8. The molecule has 6 aromatic heterocycles. The van der Waals surface area contributed by atoms with Gasteiger partial charge in [-0.25, -0.2) is 19.9 Å². The summed E-state index contributed by atoms with van der Waals surface area (Å²) in [6.07, 6.45) is 3.64. The summed E-state index contributed by atoms with van der Waals surface area (Å²) in [7, 11) is 0. The van der Waals surface area contributed by atoms with E-state index < -0.39 is 0 Å². The van der Waals surface area contributed by atoms with Crippen LogP contribution in [0.4, 0.5) is 0 Å². The molecule has 250 valence electrons. The van der Waals surface area contributed by atoms with Crippen molar-refractivity contribution < 1.29 is 0 Å². The molecule has 0 atom stereocenters. The lowest BCUT2D eigenvalue weighted by Gasteiger charge is -2.09. The first-order chi connectivity index (χ1) is 26.7. The van der Waals surface area contributed by atoms with Gasteiger partial charge in [0.25, 0.3) is 0 Å². The normalized spacial score (nSPS) is 11.7. The highest BCUT2D eigenvalue weighted by Crippen LogP contribution is 2.32. The van der Waals surface area contributed by atoms with Crippen LogP contribution in [0.1, 0.15) is 0 Å². The molecule has 6 heterocycles. The highest BCUT2D eigenvalue weighted by Gasteiger charge is 2.11. The molecule has 0 radical (unpaired) electrons. The fourth-order valence-electron chi connectivity index (χ4n) is 7.48. The van der Waals surface area contributed by atoms with E-state index in [1.165, 1.54) is 0 Å². The summed E-state index contributed by atoms with van der Waals surface area (Å²) in [4.78, 5) is 29.3. The van der Waals surface area contributed by atoms with Crippen molar-refractivity contribution >= 4 is 65.4 Å². The number of hydrogen-bond donors (Lipinski definition) is 0. The smallest absolute Gasteiger partial charge is 0.0972 e. The van der Waals surface area contributed by atoms with E-state index in [-0.39, 0.29) is 0 Å². The van der Waals surface area contributed by atoms with Gasteiger partial charge in [-0.3, -0.25) is 9.97 Å². The van der Waals surface area contributed by atoms with Gasteiger partial charge in [-0.15, -0.1) is 0 Å². The van der Waals surface area contributed by atoms with Gasteiger partial charge in [-0.2, -0.15) is 0 Å². The lowest BCUT2D eigenvalue weighted by atomic mass is 10.00. The van der Waals surface area contributed by atoms with Crippen molar-refractivity contribution in [3.8, 4) is 45.0 Å². The Morgan fingerprint density at radius 2 is 0.630 bits per heavy atom. The molecular weight excluding hydrogens is 661 g/mol. The van der Waals surface area contributed by atoms with Crippen molar-refractivity contribution in [1.29, 1.82) is 0 Å². The summed E-state index contributed by atoms with van der Waals surface area (Å²) in [5.74, 6) is 0. The average Bonchev–Trinajstić information content (AvgIpc) is 3.25. The lowest BCUT2D eigenvalue weighted by Crippen LogP contribution is -1.91. The van der Waals surface area contributed by atoms with Crippen molar-refractivity contribution in [3.63, 3.8) is 0 Å². The molecule has 0 saturated carbocycles. The molecule has 0 fully saturated rings. The van der Waals surface area contributed by atoms with Crippen molar-refractivity contribution in [2.75, 3.05) is 0 Å². The molecule has 0 spiro atoms. The van der Waals surface area contributed by atoms with Gasteiger partial charge in [0.05, 0.1) is 55.9 Å². The second kappa shape index (κ2) is 12.1. The number of pyridine rings is 6. The van der Waals surface area contributed by atoms with E-state index in [9.17, 15) is 0 Å². The lowest BCUT2D eigenvalue weighted by molar-refractivity contribution is 1.31. The quantitative estimate of drug-likeness (QED) is 0.171. The molecule has 0 aliphatic carbocycles. The monoisotopic (exact) mass is 688 g/mol. The van der Waals surface area contributed by atoms with Crippen LogP contribution in [0.25, 0.3) is 110 Å². The van der Waals surface area contributed by atoms with E-state index in [0.717, 1.165) is 110 Å². The summed E-state index contributed by atoms with van der Waals surface area (Å²) in [5.41, 5.74) is 13.4. The van der Waals surface area contributed by atoms with Crippen LogP contribution in [0.3, 0.4) is 0 Å². The SMILES string of the molecule is c1cnc2c(c1)ccc1ccc(-c3ccc(-c4ccc5cc(-c6ccc7nc(-c8ccc9ccc%10cccnc%10c9n8)ccc7c6)ccc5n4)cc3)nc12. The first-order valence-corrected chi connectivity index (χ1v) is 17.9. The van der Waals surface area contributed by atoms with Crippen molar-refractivity contribution in [1.82, 2.24) is 29.9 Å².